The van der Waals surface area contributed by atoms with E-state index >= 15 is 0 Å². The summed E-state index contributed by atoms with van der Waals surface area (Å²) in [6.45, 7) is 4.32. The van der Waals surface area contributed by atoms with Gasteiger partial charge in [-0.05, 0) is 31.0 Å². The second kappa shape index (κ2) is 10.9. The van der Waals surface area contributed by atoms with Crippen LogP contribution in [0.3, 0.4) is 0 Å². The maximum absolute atomic E-state index is 12.1. The van der Waals surface area contributed by atoms with Gasteiger partial charge in [-0.2, -0.15) is 0 Å². The number of aliphatic imine (C=N–C) groups is 1. The summed E-state index contributed by atoms with van der Waals surface area (Å²) in [4.78, 5) is 16.4. The molecular weight excluding hydrogens is 368 g/mol. The van der Waals surface area contributed by atoms with Crippen molar-refractivity contribution in [2.45, 2.75) is 19.4 Å². The number of amides is 1. The second-order valence-corrected chi connectivity index (χ2v) is 6.66. The van der Waals surface area contributed by atoms with Crippen molar-refractivity contribution < 1.29 is 14.3 Å². The standard InChI is InChI=1S/C22H28N4O3/c1-2-23-22(25-14-18-16-28-19-10-6-7-11-20(19)29-18)26-15-21(27)24-13-12-17-8-4-3-5-9-17/h3-11,18H,2,12-16H2,1H3,(H,24,27)(H2,23,25,26). The van der Waals surface area contributed by atoms with Crippen LogP contribution < -0.4 is 25.4 Å². The van der Waals surface area contributed by atoms with E-state index in [0.29, 0.717) is 32.2 Å². The predicted molar refractivity (Wildman–Crippen MR) is 113 cm³/mol. The Labute approximate surface area is 171 Å². The lowest BCUT2D eigenvalue weighted by Crippen LogP contribution is -2.45. The van der Waals surface area contributed by atoms with Crippen molar-refractivity contribution in [1.82, 2.24) is 16.0 Å². The van der Waals surface area contributed by atoms with Crippen molar-refractivity contribution in [3.05, 3.63) is 60.2 Å². The monoisotopic (exact) mass is 396 g/mol. The van der Waals surface area contributed by atoms with Crippen LogP contribution in [0, 0.1) is 0 Å². The number of ether oxygens (including phenoxy) is 2. The zero-order chi connectivity index (χ0) is 20.3. The SMILES string of the molecule is CCNC(=NCC(=O)NCCc1ccccc1)NCC1COc2ccccc2O1. The lowest BCUT2D eigenvalue weighted by Gasteiger charge is -2.27. The number of nitrogens with one attached hydrogen (secondary N) is 3. The fourth-order valence-corrected chi connectivity index (χ4v) is 2.91. The molecule has 3 N–H and O–H groups in total. The Morgan fingerprint density at radius 1 is 1.03 bits per heavy atom. The molecule has 0 aliphatic carbocycles. The van der Waals surface area contributed by atoms with Crippen LogP contribution in [0.15, 0.2) is 59.6 Å². The molecule has 1 atom stereocenters. The number of hydrogen-bond donors (Lipinski definition) is 3. The van der Waals surface area contributed by atoms with Gasteiger partial charge in [-0.25, -0.2) is 4.99 Å². The van der Waals surface area contributed by atoms with E-state index < -0.39 is 0 Å². The van der Waals surface area contributed by atoms with Crippen molar-refractivity contribution >= 4 is 11.9 Å². The Morgan fingerprint density at radius 3 is 2.59 bits per heavy atom. The van der Waals surface area contributed by atoms with Gasteiger partial charge in [-0.15, -0.1) is 0 Å². The summed E-state index contributed by atoms with van der Waals surface area (Å²) in [7, 11) is 0. The number of hydrogen-bond acceptors (Lipinski definition) is 4. The number of guanidine groups is 1. The molecule has 1 unspecified atom stereocenters. The van der Waals surface area contributed by atoms with Crippen molar-refractivity contribution in [3.8, 4) is 11.5 Å². The largest absolute Gasteiger partial charge is 0.486 e. The molecule has 2 aromatic rings. The van der Waals surface area contributed by atoms with Crippen LogP contribution >= 0.6 is 0 Å². The third kappa shape index (κ3) is 6.71. The van der Waals surface area contributed by atoms with E-state index in [1.54, 1.807) is 0 Å². The zero-order valence-electron chi connectivity index (χ0n) is 16.7. The van der Waals surface area contributed by atoms with E-state index in [9.17, 15) is 4.79 Å². The van der Waals surface area contributed by atoms with Gasteiger partial charge in [0.05, 0.1) is 6.54 Å². The molecule has 0 radical (unpaired) electrons. The fourth-order valence-electron chi connectivity index (χ4n) is 2.91. The molecule has 1 heterocycles. The lowest BCUT2D eigenvalue weighted by molar-refractivity contribution is -0.119. The maximum atomic E-state index is 12.1. The van der Waals surface area contributed by atoms with Gasteiger partial charge in [-0.1, -0.05) is 42.5 Å². The van der Waals surface area contributed by atoms with E-state index in [1.807, 2.05) is 61.5 Å². The highest BCUT2D eigenvalue weighted by molar-refractivity contribution is 5.84. The van der Waals surface area contributed by atoms with Crippen LogP contribution in [0.25, 0.3) is 0 Å². The molecule has 1 aliphatic heterocycles. The van der Waals surface area contributed by atoms with E-state index in [4.69, 9.17) is 9.47 Å². The van der Waals surface area contributed by atoms with Crippen LogP contribution in [0.1, 0.15) is 12.5 Å². The highest BCUT2D eigenvalue weighted by Crippen LogP contribution is 2.30. The molecule has 2 aromatic carbocycles. The Hall–Kier alpha value is -3.22. The van der Waals surface area contributed by atoms with Crippen molar-refractivity contribution in [2.75, 3.05) is 32.8 Å². The van der Waals surface area contributed by atoms with Crippen LogP contribution in [0.2, 0.25) is 0 Å². The Balaban J connectivity index is 1.41. The molecule has 0 fully saturated rings. The van der Waals surface area contributed by atoms with Gasteiger partial charge < -0.3 is 25.4 Å². The minimum absolute atomic E-state index is 0.0645. The van der Waals surface area contributed by atoms with Gasteiger partial charge in [0.25, 0.3) is 0 Å². The van der Waals surface area contributed by atoms with Gasteiger partial charge in [0.1, 0.15) is 19.3 Å². The number of benzene rings is 2. The molecule has 29 heavy (non-hydrogen) atoms. The third-order valence-corrected chi connectivity index (χ3v) is 4.37. The fraction of sp³-hybridized carbons (Fsp3) is 0.364. The first kappa shape index (κ1) is 20.5. The number of carbonyl (C=O) groups is 1. The summed E-state index contributed by atoms with van der Waals surface area (Å²) in [5.41, 5.74) is 1.20. The minimum atomic E-state index is -0.131. The van der Waals surface area contributed by atoms with Gasteiger partial charge >= 0.3 is 0 Å². The quantitative estimate of drug-likeness (QED) is 0.468. The molecule has 0 bridgehead atoms. The highest BCUT2D eigenvalue weighted by Gasteiger charge is 2.20. The number of para-hydroxylation sites is 2. The summed E-state index contributed by atoms with van der Waals surface area (Å²) >= 11 is 0. The average Bonchev–Trinajstić information content (AvgIpc) is 2.76. The Kier molecular flexibility index (Phi) is 7.74. The molecule has 0 spiro atoms. The van der Waals surface area contributed by atoms with Crippen LogP contribution in [-0.4, -0.2) is 50.8 Å². The lowest BCUT2D eigenvalue weighted by atomic mass is 10.1. The van der Waals surface area contributed by atoms with Crippen molar-refractivity contribution in [3.63, 3.8) is 0 Å². The number of carbonyl (C=O) groups excluding carboxylic acids is 1. The molecule has 0 saturated heterocycles. The van der Waals surface area contributed by atoms with E-state index in [2.05, 4.69) is 20.9 Å². The number of fused-ring (bicyclic) bond motifs is 1. The summed E-state index contributed by atoms with van der Waals surface area (Å²) in [6.07, 6.45) is 0.670. The second-order valence-electron chi connectivity index (χ2n) is 6.66. The van der Waals surface area contributed by atoms with E-state index in [1.165, 1.54) is 5.56 Å². The van der Waals surface area contributed by atoms with E-state index in [0.717, 1.165) is 17.9 Å². The van der Waals surface area contributed by atoms with Crippen LogP contribution in [0.4, 0.5) is 0 Å². The maximum Gasteiger partial charge on any atom is 0.241 e. The first-order chi connectivity index (χ1) is 14.2. The topological polar surface area (TPSA) is 84.0 Å². The zero-order valence-corrected chi connectivity index (χ0v) is 16.7. The van der Waals surface area contributed by atoms with Gasteiger partial charge in [-0.3, -0.25) is 4.79 Å². The third-order valence-electron chi connectivity index (χ3n) is 4.37. The van der Waals surface area contributed by atoms with Crippen molar-refractivity contribution in [2.24, 2.45) is 4.99 Å². The summed E-state index contributed by atoms with van der Waals surface area (Å²) in [6, 6.07) is 17.7. The predicted octanol–water partition coefficient (Wildman–Crippen LogP) is 1.74. The average molecular weight is 396 g/mol. The van der Waals surface area contributed by atoms with Gasteiger partial charge in [0.2, 0.25) is 5.91 Å². The van der Waals surface area contributed by atoms with Crippen LogP contribution in [-0.2, 0) is 11.2 Å². The molecule has 1 amide bonds. The molecule has 0 aromatic heterocycles. The van der Waals surface area contributed by atoms with Crippen molar-refractivity contribution in [1.29, 1.82) is 0 Å². The van der Waals surface area contributed by atoms with Gasteiger partial charge in [0, 0.05) is 13.1 Å². The molecule has 7 heteroatoms. The summed E-state index contributed by atoms with van der Waals surface area (Å²) in [5, 5.41) is 9.25. The smallest absolute Gasteiger partial charge is 0.241 e. The van der Waals surface area contributed by atoms with Crippen LogP contribution in [0.5, 0.6) is 11.5 Å². The first-order valence-electron chi connectivity index (χ1n) is 9.96. The molecule has 3 rings (SSSR count). The molecule has 7 nitrogen and oxygen atoms in total. The number of nitrogens with zero attached hydrogens (tertiary/aromatic N) is 1. The molecule has 154 valence electrons. The molecular formula is C22H28N4O3. The van der Waals surface area contributed by atoms with Gasteiger partial charge in [0.15, 0.2) is 17.5 Å². The molecule has 1 aliphatic rings. The Morgan fingerprint density at radius 2 is 1.79 bits per heavy atom. The Bertz CT molecular complexity index is 811. The first-order valence-corrected chi connectivity index (χ1v) is 9.96. The minimum Gasteiger partial charge on any atom is -0.486 e. The summed E-state index contributed by atoms with van der Waals surface area (Å²) in [5.74, 6) is 1.97. The van der Waals surface area contributed by atoms with E-state index in [-0.39, 0.29) is 18.6 Å². The normalized spacial score (nSPS) is 15.5. The summed E-state index contributed by atoms with van der Waals surface area (Å²) < 4.78 is 11.6. The highest BCUT2D eigenvalue weighted by atomic mass is 16.6. The molecule has 0 saturated carbocycles. The number of rotatable bonds is 8.